The summed E-state index contributed by atoms with van der Waals surface area (Å²) in [5.74, 6) is 0.347. The van der Waals surface area contributed by atoms with Crippen LogP contribution in [0.1, 0.15) is 127 Å². The fraction of sp³-hybridized carbons (Fsp3) is 0.212. The Kier molecular flexibility index (Phi) is 5.28. The first-order valence-electron chi connectivity index (χ1n) is 36.3. The van der Waals surface area contributed by atoms with Crippen molar-refractivity contribution in [2.45, 2.75) is 89.5 Å². The molecule has 8 aromatic carbocycles. The van der Waals surface area contributed by atoms with Crippen LogP contribution in [-0.2, 0) is 42.7 Å². The quantitative estimate of drug-likeness (QED) is 0.100. The van der Waals surface area contributed by atoms with Crippen LogP contribution in [0.25, 0.3) is 94.2 Å². The van der Waals surface area contributed by atoms with Gasteiger partial charge < -0.3 is 13.7 Å². The van der Waals surface area contributed by atoms with E-state index in [4.69, 9.17) is 31.7 Å². The fourth-order valence-corrected chi connectivity index (χ4v) is 10.7. The van der Waals surface area contributed by atoms with Crippen molar-refractivity contribution >= 4 is 38.4 Å². The van der Waals surface area contributed by atoms with Crippen molar-refractivity contribution in [2.24, 2.45) is 0 Å². The summed E-state index contributed by atoms with van der Waals surface area (Å²) >= 11 is 0. The summed E-state index contributed by atoms with van der Waals surface area (Å²) in [6.45, 7) is -8.72. The maximum atomic E-state index is 10.3. The van der Waals surface area contributed by atoms with Crippen molar-refractivity contribution in [1.29, 1.82) is 0 Å². The molecule has 11 aromatic rings. The topological polar surface area (TPSA) is 35.3 Å². The van der Waals surface area contributed by atoms with E-state index in [1.54, 1.807) is 30.3 Å². The summed E-state index contributed by atoms with van der Waals surface area (Å²) in [5.41, 5.74) is -13.3. The molecule has 0 atom stereocenters. The molecule has 3 aliphatic rings. The van der Waals surface area contributed by atoms with E-state index >= 15 is 0 Å². The van der Waals surface area contributed by atoms with E-state index in [1.807, 2.05) is 18.3 Å². The third-order valence-electron chi connectivity index (χ3n) is 14.9. The first kappa shape index (κ1) is 24.6. The number of nitrogens with zero attached hydrogens (tertiary/aromatic N) is 4. The van der Waals surface area contributed by atoms with E-state index in [1.165, 1.54) is 33.4 Å². The Labute approximate surface area is 474 Å². The summed E-state index contributed by atoms with van der Waals surface area (Å²) < 4.78 is 262. The minimum Gasteiger partial charge on any atom is -0.503 e. The van der Waals surface area contributed by atoms with Crippen LogP contribution in [0.4, 0.5) is 0 Å². The fourth-order valence-electron chi connectivity index (χ4n) is 10.7. The van der Waals surface area contributed by atoms with Crippen LogP contribution in [0.15, 0.2) is 158 Å². The summed E-state index contributed by atoms with van der Waals surface area (Å²) in [6.07, 6.45) is -4.16. The van der Waals surface area contributed by atoms with Crippen LogP contribution < -0.4 is 9.30 Å². The molecule has 0 N–H and O–H groups in total. The van der Waals surface area contributed by atoms with Crippen LogP contribution in [0.5, 0.6) is 11.5 Å². The summed E-state index contributed by atoms with van der Waals surface area (Å²) in [4.78, 5) is 4.97. The molecule has 0 bridgehead atoms. The molecule has 356 valence electrons. The van der Waals surface area contributed by atoms with Gasteiger partial charge in [-0.1, -0.05) is 193 Å². The number of fused-ring (bicyclic) bond motifs is 11. The maximum Gasteiger partial charge on any atom is 0.268 e. The SMILES string of the molecule is [2H]c1c([2H])c([2H])c2c(c1[2H])-c1cccc(-c3c([2H])c([2H])c4c(c3[2H])C(C([2H])([2H])[2H])(C([2H])([2H])[2H])C([2H])([2H])C([2H])([2H])C4(C([2H])([2H])[2H])C([2H])([2H])[2H])c1-[n+]1[c-]n(-c3[c-]c(Oc4[c-]c5c(cc4)c4cccc6c4n4c(cnc54)C(C)(C)C6(C)C)ccc3)c3cccc(c31)-c1c([2H])c([2H])c([2H])c([2H])c1-2.[Pt]. The van der Waals surface area contributed by atoms with Gasteiger partial charge in [-0.15, -0.1) is 24.3 Å². The molecule has 0 saturated heterocycles. The van der Waals surface area contributed by atoms with Gasteiger partial charge in [0, 0.05) is 82.7 Å². The normalized spacial score (nSPS) is 23.8. The molecule has 72 heavy (non-hydrogen) atoms. The maximum absolute atomic E-state index is 10.3. The molecular formula is C66H54N4OPt-2. The number of benzene rings is 8. The molecule has 3 aromatic heterocycles. The van der Waals surface area contributed by atoms with E-state index in [0.717, 1.165) is 33.6 Å². The standard InChI is InChI=1S/C66H54N4O.Pt/c1-63(2)33-34-64(3,4)56-35-40(29-32-54(56)63)44-23-14-24-50-47-21-11-9-19-45(47)46-20-10-12-22-48(46)52-26-16-28-57-61(52)69(59(44)50)39-68(57)41-17-13-18-42(36-41)71-43-30-31-49-51-25-15-27-55-60(51)70-58(66(7,8)65(55,5)6)38-67-62(70)53(49)37-43;/h9-32,35,38H,33-34H2,1-8H3;/q-2;/i1D3,2D3,3D3,4D3,9D,10D,11D,12D,19D,20D,21D,22D,29D,32D,33D2,34D2,35D;. The molecule has 1 aliphatic carbocycles. The number of ether oxygens (including phenoxy) is 1. The van der Waals surface area contributed by atoms with Gasteiger partial charge in [-0.25, -0.2) is 0 Å². The molecular weight excluding hydrogens is 1060 g/mol. The van der Waals surface area contributed by atoms with E-state index in [2.05, 4.69) is 62.7 Å². The van der Waals surface area contributed by atoms with E-state index < -0.39 is 162 Å². The summed E-state index contributed by atoms with van der Waals surface area (Å²) in [7, 11) is 0. The second-order valence-corrected chi connectivity index (χ2v) is 19.3. The number of rotatable bonds is 4. The van der Waals surface area contributed by atoms with Crippen LogP contribution in [0.2, 0.25) is 0 Å². The Bertz CT molecular complexity index is 5400. The zero-order chi connectivity index (χ0) is 71.5. The molecule has 0 radical (unpaired) electrons. The molecule has 14 rings (SSSR count). The van der Waals surface area contributed by atoms with Gasteiger partial charge >= 0.3 is 0 Å². The number of para-hydroxylation sites is 3. The van der Waals surface area contributed by atoms with Gasteiger partial charge in [0.15, 0.2) is 0 Å². The van der Waals surface area contributed by atoms with Crippen molar-refractivity contribution < 1.29 is 67.4 Å². The van der Waals surface area contributed by atoms with Crippen LogP contribution >= 0.6 is 0 Å². The molecule has 0 spiro atoms. The van der Waals surface area contributed by atoms with Gasteiger partial charge in [-0.2, -0.15) is 12.1 Å². The van der Waals surface area contributed by atoms with E-state index in [-0.39, 0.29) is 76.8 Å². The Hall–Kier alpha value is -7.07. The number of hydrogen-bond donors (Lipinski definition) is 0. The third-order valence-corrected chi connectivity index (χ3v) is 14.9. The van der Waals surface area contributed by atoms with Crippen LogP contribution in [0, 0.1) is 18.5 Å². The van der Waals surface area contributed by atoms with E-state index in [9.17, 15) is 15.1 Å². The second-order valence-electron chi connectivity index (χ2n) is 19.3. The van der Waals surface area contributed by atoms with Gasteiger partial charge in [0.2, 0.25) is 0 Å². The first-order valence-corrected chi connectivity index (χ1v) is 22.8. The van der Waals surface area contributed by atoms with Crippen LogP contribution in [0.3, 0.4) is 0 Å². The van der Waals surface area contributed by atoms with Gasteiger partial charge in [0.1, 0.15) is 0 Å². The van der Waals surface area contributed by atoms with Gasteiger partial charge in [-0.3, -0.25) is 9.55 Å². The van der Waals surface area contributed by atoms with Gasteiger partial charge in [0.05, 0.1) is 37.4 Å². The van der Waals surface area contributed by atoms with Gasteiger partial charge in [-0.05, 0) is 95.8 Å². The Morgan fingerprint density at radius 1 is 0.639 bits per heavy atom. The first-order chi connectivity index (χ1) is 45.3. The van der Waals surface area contributed by atoms with E-state index in [0.29, 0.717) is 11.0 Å². The molecule has 0 unspecified atom stereocenters. The molecule has 0 saturated carbocycles. The average molecular weight is 1140 g/mol. The Balaban J connectivity index is 0.00000880. The van der Waals surface area contributed by atoms with Crippen molar-refractivity contribution in [3.05, 3.63) is 198 Å². The zero-order valence-corrected chi connectivity index (χ0v) is 40.9. The molecule has 5 heterocycles. The average Bonchev–Trinajstić information content (AvgIpc) is 1.13. The second kappa shape index (κ2) is 15.5. The molecule has 6 heteroatoms. The molecule has 2 aliphatic heterocycles. The predicted octanol–water partition coefficient (Wildman–Crippen LogP) is 16.0. The molecule has 0 amide bonds. The number of aromatic nitrogens is 4. The van der Waals surface area contributed by atoms with Crippen molar-refractivity contribution in [3.63, 3.8) is 0 Å². The zero-order valence-electron chi connectivity index (χ0n) is 65.7. The van der Waals surface area contributed by atoms with Gasteiger partial charge in [0.25, 0.3) is 6.33 Å². The Morgan fingerprint density at radius 2 is 1.29 bits per heavy atom. The van der Waals surface area contributed by atoms with Crippen molar-refractivity contribution in [3.8, 4) is 67.4 Å². The van der Waals surface area contributed by atoms with Crippen molar-refractivity contribution in [1.82, 2.24) is 14.0 Å². The van der Waals surface area contributed by atoms with Crippen LogP contribution in [-0.4, -0.2) is 14.0 Å². The third kappa shape index (κ3) is 6.16. The monoisotopic (exact) mass is 1140 g/mol. The summed E-state index contributed by atoms with van der Waals surface area (Å²) in [5, 5.41) is 2.49. The summed E-state index contributed by atoms with van der Waals surface area (Å²) in [6, 6.07) is 18.6. The minimum atomic E-state index is -4.68. The number of hydrogen-bond acceptors (Lipinski definition) is 2. The largest absolute Gasteiger partial charge is 0.503 e. The predicted molar refractivity (Wildman–Crippen MR) is 288 cm³/mol. The number of pyridine rings is 1. The molecule has 5 nitrogen and oxygen atoms in total. The minimum absolute atomic E-state index is 0. The van der Waals surface area contributed by atoms with Crippen molar-refractivity contribution in [2.75, 3.05) is 0 Å². The Morgan fingerprint density at radius 3 is 2.06 bits per heavy atom. The molecule has 0 fully saturated rings. The number of imidazole rings is 2. The smallest absolute Gasteiger partial charge is 0.268 e.